The average Bonchev–Trinajstić information content (AvgIpc) is 3.18. The molecule has 1 heterocycles. The summed E-state index contributed by atoms with van der Waals surface area (Å²) < 4.78 is 11.8. The van der Waals surface area contributed by atoms with E-state index in [0.29, 0.717) is 43.4 Å². The van der Waals surface area contributed by atoms with Crippen molar-refractivity contribution in [1.82, 2.24) is 0 Å². The number of hydrogen-bond donors (Lipinski definition) is 4. The maximum absolute atomic E-state index is 12.0. The van der Waals surface area contributed by atoms with Crippen LogP contribution in [0.4, 0.5) is 0 Å². The van der Waals surface area contributed by atoms with Crippen LogP contribution in [0, 0.1) is 41.4 Å². The van der Waals surface area contributed by atoms with Gasteiger partial charge in [0.2, 0.25) is 0 Å². The maximum Gasteiger partial charge on any atom is 0.335 e. The lowest BCUT2D eigenvalue weighted by molar-refractivity contribution is -0.325. The molecule has 0 aromatic carbocycles. The van der Waals surface area contributed by atoms with Crippen molar-refractivity contribution in [1.29, 1.82) is 0 Å². The molecule has 0 bridgehead atoms. The van der Waals surface area contributed by atoms with Gasteiger partial charge in [-0.25, -0.2) is 4.79 Å². The highest BCUT2D eigenvalue weighted by molar-refractivity contribution is 5.91. The number of carbonyl (C=O) groups excluding carboxylic acids is 1. The number of fused-ring (bicyclic) bond motifs is 5. The van der Waals surface area contributed by atoms with Crippen molar-refractivity contribution in [3.8, 4) is 12.3 Å². The summed E-state index contributed by atoms with van der Waals surface area (Å²) in [6, 6.07) is 0. The Bertz CT molecular complexity index is 1030. The summed E-state index contributed by atoms with van der Waals surface area (Å²) in [4.78, 5) is 23.7. The van der Waals surface area contributed by atoms with Crippen LogP contribution < -0.4 is 0 Å². The number of carbonyl (C=O) groups is 2. The van der Waals surface area contributed by atoms with E-state index in [2.05, 4.69) is 19.4 Å². The fourth-order valence-corrected chi connectivity index (χ4v) is 8.44. The van der Waals surface area contributed by atoms with Crippen LogP contribution in [-0.4, -0.2) is 68.5 Å². The van der Waals surface area contributed by atoms with Gasteiger partial charge in [-0.15, -0.1) is 6.42 Å². The van der Waals surface area contributed by atoms with E-state index in [1.54, 1.807) is 0 Å². The van der Waals surface area contributed by atoms with E-state index in [0.717, 1.165) is 31.3 Å². The van der Waals surface area contributed by atoms with Crippen molar-refractivity contribution in [2.24, 2.45) is 29.1 Å². The Labute approximate surface area is 211 Å². The molecule has 0 aromatic rings. The van der Waals surface area contributed by atoms with E-state index in [1.165, 1.54) is 5.57 Å². The molecule has 4 aliphatic carbocycles. The first kappa shape index (κ1) is 25.6. The van der Waals surface area contributed by atoms with E-state index < -0.39 is 47.7 Å². The molecule has 1 aliphatic heterocycles. The van der Waals surface area contributed by atoms with Crippen LogP contribution >= 0.6 is 0 Å². The molecule has 5 aliphatic rings. The first-order valence-electron chi connectivity index (χ1n) is 13.1. The topological polar surface area (TPSA) is 134 Å². The first-order chi connectivity index (χ1) is 17.1. The van der Waals surface area contributed by atoms with Crippen LogP contribution in [0.25, 0.3) is 0 Å². The highest BCUT2D eigenvalue weighted by atomic mass is 16.7. The third-order valence-corrected chi connectivity index (χ3v) is 10.0. The number of allylic oxidation sites excluding steroid dienone is 2. The predicted octanol–water partition coefficient (Wildman–Crippen LogP) is 1.97. The number of ketones is 1. The minimum Gasteiger partial charge on any atom is -0.479 e. The highest BCUT2D eigenvalue weighted by Gasteiger charge is 2.67. The number of carboxylic acid groups (broad SMARTS) is 1. The number of hydrogen-bond acceptors (Lipinski definition) is 7. The monoisotopic (exact) mass is 500 g/mol. The lowest BCUT2D eigenvalue weighted by atomic mass is 9.48. The highest BCUT2D eigenvalue weighted by Crippen LogP contribution is 2.68. The molecule has 0 amide bonds. The Kier molecular flexibility index (Phi) is 6.46. The predicted molar refractivity (Wildman–Crippen MR) is 128 cm³/mol. The Hall–Kier alpha value is -2.02. The van der Waals surface area contributed by atoms with Gasteiger partial charge >= 0.3 is 5.97 Å². The quantitative estimate of drug-likeness (QED) is 0.340. The largest absolute Gasteiger partial charge is 0.479 e. The van der Waals surface area contributed by atoms with Gasteiger partial charge in [0.15, 0.2) is 18.2 Å². The van der Waals surface area contributed by atoms with Crippen LogP contribution in [0.5, 0.6) is 0 Å². The van der Waals surface area contributed by atoms with Crippen LogP contribution in [0.3, 0.4) is 0 Å². The number of aliphatic hydroxyl groups is 3. The molecular weight excluding hydrogens is 464 g/mol. The number of aliphatic hydroxyl groups excluding tert-OH is 3. The summed E-state index contributed by atoms with van der Waals surface area (Å²) in [6.45, 7) is 6.59. The fraction of sp³-hybridized carbons (Fsp3) is 0.714. The average molecular weight is 501 g/mol. The lowest BCUT2D eigenvalue weighted by Crippen LogP contribution is -2.63. The molecule has 5 rings (SSSR count). The number of ether oxygens (including phenoxy) is 2. The van der Waals surface area contributed by atoms with Gasteiger partial charge < -0.3 is 29.9 Å². The molecule has 8 heteroatoms. The van der Waals surface area contributed by atoms with Crippen molar-refractivity contribution in [2.75, 3.05) is 0 Å². The molecule has 11 atom stereocenters. The Morgan fingerprint density at radius 3 is 2.64 bits per heavy atom. The van der Waals surface area contributed by atoms with Crippen LogP contribution in [0.2, 0.25) is 0 Å². The Morgan fingerprint density at radius 2 is 1.97 bits per heavy atom. The molecule has 8 nitrogen and oxygen atoms in total. The summed E-state index contributed by atoms with van der Waals surface area (Å²) in [5, 5.41) is 40.5. The van der Waals surface area contributed by atoms with E-state index >= 15 is 0 Å². The van der Waals surface area contributed by atoms with Gasteiger partial charge in [-0.2, -0.15) is 0 Å². The summed E-state index contributed by atoms with van der Waals surface area (Å²) in [7, 11) is 0. The summed E-state index contributed by atoms with van der Waals surface area (Å²) in [5.41, 5.74) is 0.711. The first-order valence-corrected chi connectivity index (χ1v) is 13.1. The molecular formula is C28H36O8. The third-order valence-electron chi connectivity index (χ3n) is 10.0. The van der Waals surface area contributed by atoms with Gasteiger partial charge in [-0.1, -0.05) is 30.6 Å². The maximum atomic E-state index is 12.0. The fourth-order valence-electron chi connectivity index (χ4n) is 8.44. The second kappa shape index (κ2) is 9.07. The molecule has 0 spiro atoms. The van der Waals surface area contributed by atoms with Crippen LogP contribution in [0.15, 0.2) is 23.8 Å². The van der Waals surface area contributed by atoms with Gasteiger partial charge in [-0.3, -0.25) is 4.79 Å². The molecule has 0 aromatic heterocycles. The van der Waals surface area contributed by atoms with Crippen molar-refractivity contribution in [3.05, 3.63) is 23.8 Å². The van der Waals surface area contributed by atoms with E-state index in [-0.39, 0.29) is 11.7 Å². The summed E-state index contributed by atoms with van der Waals surface area (Å²) >= 11 is 0. The minimum atomic E-state index is -1.79. The number of aliphatic carboxylic acids is 1. The van der Waals surface area contributed by atoms with E-state index in [9.17, 15) is 30.0 Å². The van der Waals surface area contributed by atoms with Gasteiger partial charge in [0, 0.05) is 11.8 Å². The lowest BCUT2D eigenvalue weighted by Gasteiger charge is -2.58. The SMILES string of the molecule is C#C[C@]1(O[C@@H]2O[C@H](C(=O)O)[C@@H](O)[C@H](O)[C@H]2O)CC[C@H]2[C@@H]3CCC4=CC(=O)CC[C@@H]4[C@H]3C(=C)C[C@@]21CC. The number of rotatable bonds is 4. The standard InChI is InChI=1S/C28H36O8/c1-4-27-13-14(3)20-17-9-7-16(29)12-15(17)6-8-18(20)19(27)10-11-28(27,5-2)36-26-23(32)21(30)22(31)24(35-26)25(33)34/h2,12,17-24,26,30-32H,3-4,6-11,13H2,1H3,(H,33,34)/t17-,18-,19-,20+,21-,22-,23+,24-,26-,27-,28-/m0/s1. The second-order valence-electron chi connectivity index (χ2n) is 11.4. The normalized spacial score (nSPS) is 48.3. The van der Waals surface area contributed by atoms with Crippen LogP contribution in [-0.2, 0) is 19.1 Å². The molecule has 196 valence electrons. The minimum absolute atomic E-state index is 0.211. The molecule has 4 N–H and O–H groups in total. The number of carboxylic acids is 1. The van der Waals surface area contributed by atoms with Crippen molar-refractivity contribution >= 4 is 11.8 Å². The molecule has 0 radical (unpaired) electrons. The Balaban J connectivity index is 1.47. The second-order valence-corrected chi connectivity index (χ2v) is 11.4. The van der Waals surface area contributed by atoms with E-state index in [1.807, 2.05) is 6.08 Å². The van der Waals surface area contributed by atoms with Gasteiger partial charge in [0.1, 0.15) is 23.9 Å². The molecule has 36 heavy (non-hydrogen) atoms. The van der Waals surface area contributed by atoms with Gasteiger partial charge in [0.25, 0.3) is 0 Å². The molecule has 3 saturated carbocycles. The molecule has 4 fully saturated rings. The number of terminal acetylenes is 1. The molecule has 0 unspecified atom stereocenters. The zero-order valence-corrected chi connectivity index (χ0v) is 20.6. The zero-order chi connectivity index (χ0) is 26.0. The Morgan fingerprint density at radius 1 is 1.22 bits per heavy atom. The van der Waals surface area contributed by atoms with Crippen molar-refractivity contribution in [3.63, 3.8) is 0 Å². The van der Waals surface area contributed by atoms with Crippen molar-refractivity contribution < 1.29 is 39.5 Å². The van der Waals surface area contributed by atoms with E-state index in [4.69, 9.17) is 15.9 Å². The third kappa shape index (κ3) is 3.55. The van der Waals surface area contributed by atoms with Crippen LogP contribution in [0.1, 0.15) is 58.3 Å². The zero-order valence-electron chi connectivity index (χ0n) is 20.6. The van der Waals surface area contributed by atoms with Gasteiger partial charge in [-0.05, 0) is 74.7 Å². The summed E-state index contributed by atoms with van der Waals surface area (Å²) in [6.07, 6.45) is 5.48. The summed E-state index contributed by atoms with van der Waals surface area (Å²) in [5.74, 6) is 2.84. The van der Waals surface area contributed by atoms with Crippen molar-refractivity contribution in [2.45, 2.75) is 94.6 Å². The smallest absolute Gasteiger partial charge is 0.335 e. The van der Waals surface area contributed by atoms with Gasteiger partial charge in [0.05, 0.1) is 0 Å². The molecule has 1 saturated heterocycles.